The molecule has 0 bridgehead atoms. The molecule has 1 nitrogen and oxygen atoms in total. The molecule has 0 spiro atoms. The van der Waals surface area contributed by atoms with Crippen molar-refractivity contribution >= 4 is 21.8 Å². The number of rotatable bonds is 2. The predicted octanol–water partition coefficient (Wildman–Crippen LogP) is 3.13. The number of nitriles is 1. The Balaban J connectivity index is 3.04. The molecule has 0 radical (unpaired) electrons. The number of hydrogen-bond acceptors (Lipinski definition) is 1. The van der Waals surface area contributed by atoms with Gasteiger partial charge in [-0.3, -0.25) is 0 Å². The average molecular weight is 383 g/mol. The SMILES string of the molecule is [CH3][Bi]([CH3])[C](C)(C)c1ccc(C#N)cc1. The van der Waals surface area contributed by atoms with Gasteiger partial charge in [-0.25, -0.2) is 0 Å². The fourth-order valence-electron chi connectivity index (χ4n) is 1.21. The summed E-state index contributed by atoms with van der Waals surface area (Å²) >= 11 is -1.32. The zero-order valence-corrected chi connectivity index (χ0v) is 12.7. The van der Waals surface area contributed by atoms with Crippen molar-refractivity contribution in [3.05, 3.63) is 35.4 Å². The summed E-state index contributed by atoms with van der Waals surface area (Å²) in [6.45, 7) is 4.65. The van der Waals surface area contributed by atoms with Crippen molar-refractivity contribution < 1.29 is 0 Å². The molecule has 0 aromatic heterocycles. The molecule has 0 N–H and O–H groups in total. The summed E-state index contributed by atoms with van der Waals surface area (Å²) in [6.07, 6.45) is 0. The van der Waals surface area contributed by atoms with Crippen LogP contribution in [0.15, 0.2) is 24.3 Å². The third kappa shape index (κ3) is 2.34. The molecular formula is C12H16BiN. The van der Waals surface area contributed by atoms with Crippen LogP contribution < -0.4 is 0 Å². The third-order valence-electron chi connectivity index (χ3n) is 2.84. The van der Waals surface area contributed by atoms with Crippen molar-refractivity contribution in [1.82, 2.24) is 0 Å². The summed E-state index contributed by atoms with van der Waals surface area (Å²) in [5.41, 5.74) is 2.14. The van der Waals surface area contributed by atoms with Crippen molar-refractivity contribution in [3.8, 4) is 6.07 Å². The minimum atomic E-state index is -1.32. The van der Waals surface area contributed by atoms with Gasteiger partial charge in [-0.2, -0.15) is 0 Å². The summed E-state index contributed by atoms with van der Waals surface area (Å²) in [4.78, 5) is 0. The van der Waals surface area contributed by atoms with E-state index in [1.54, 1.807) is 0 Å². The molecule has 74 valence electrons. The second kappa shape index (κ2) is 4.41. The molecule has 0 aliphatic carbocycles. The summed E-state index contributed by atoms with van der Waals surface area (Å²) in [7, 11) is 0. The first-order valence-corrected chi connectivity index (χ1v) is 13.4. The van der Waals surface area contributed by atoms with Gasteiger partial charge in [0.25, 0.3) is 0 Å². The van der Waals surface area contributed by atoms with Crippen LogP contribution in [0.25, 0.3) is 0 Å². The molecule has 2 heteroatoms. The van der Waals surface area contributed by atoms with Crippen molar-refractivity contribution in [1.29, 1.82) is 5.26 Å². The molecule has 0 amide bonds. The van der Waals surface area contributed by atoms with Gasteiger partial charge in [0.15, 0.2) is 0 Å². The molecule has 0 saturated carbocycles. The van der Waals surface area contributed by atoms with Crippen LogP contribution in [-0.4, -0.2) is 21.8 Å². The Kier molecular flexibility index (Phi) is 3.67. The van der Waals surface area contributed by atoms with Crippen LogP contribution >= 0.6 is 0 Å². The molecule has 0 fully saturated rings. The second-order valence-electron chi connectivity index (χ2n) is 4.14. The summed E-state index contributed by atoms with van der Waals surface area (Å²) in [6, 6.07) is 10.2. The first-order valence-electron chi connectivity index (χ1n) is 4.66. The minimum absolute atomic E-state index is 0.378. The van der Waals surface area contributed by atoms with Crippen molar-refractivity contribution in [2.45, 2.75) is 26.2 Å². The van der Waals surface area contributed by atoms with Crippen LogP contribution in [0.5, 0.6) is 0 Å². The van der Waals surface area contributed by atoms with E-state index in [9.17, 15) is 0 Å². The monoisotopic (exact) mass is 383 g/mol. The molecule has 1 aromatic carbocycles. The van der Waals surface area contributed by atoms with Crippen molar-refractivity contribution in [2.24, 2.45) is 0 Å². The van der Waals surface area contributed by atoms with E-state index in [2.05, 4.69) is 41.3 Å². The van der Waals surface area contributed by atoms with Crippen molar-refractivity contribution in [2.75, 3.05) is 0 Å². The van der Waals surface area contributed by atoms with Gasteiger partial charge in [0.05, 0.1) is 0 Å². The van der Waals surface area contributed by atoms with Gasteiger partial charge >= 0.3 is 94.7 Å². The van der Waals surface area contributed by atoms with E-state index in [1.807, 2.05) is 12.1 Å². The molecule has 0 heterocycles. The fraction of sp³-hybridized carbons (Fsp3) is 0.417. The average Bonchev–Trinajstić information content (AvgIpc) is 2.17. The Morgan fingerprint density at radius 2 is 1.64 bits per heavy atom. The molecule has 14 heavy (non-hydrogen) atoms. The summed E-state index contributed by atoms with van der Waals surface area (Å²) < 4.78 is 5.23. The molecule has 0 saturated heterocycles. The van der Waals surface area contributed by atoms with Gasteiger partial charge in [0.2, 0.25) is 0 Å². The van der Waals surface area contributed by atoms with Crippen LogP contribution in [-0.2, 0) is 3.12 Å². The topological polar surface area (TPSA) is 23.8 Å². The zero-order chi connectivity index (χ0) is 10.8. The fourth-order valence-corrected chi connectivity index (χ4v) is 3.80. The Hall–Kier alpha value is -0.407. The second-order valence-corrected chi connectivity index (χ2v) is 15.4. The maximum absolute atomic E-state index is 8.70. The van der Waals surface area contributed by atoms with E-state index >= 15 is 0 Å². The summed E-state index contributed by atoms with van der Waals surface area (Å²) in [5, 5.41) is 8.70. The third-order valence-corrected chi connectivity index (χ3v) is 12.5. The molecule has 1 aromatic rings. The van der Waals surface area contributed by atoms with E-state index in [-0.39, 0.29) is 0 Å². The van der Waals surface area contributed by atoms with Crippen LogP contribution in [0.1, 0.15) is 25.0 Å². The van der Waals surface area contributed by atoms with E-state index in [0.717, 1.165) is 5.56 Å². The number of benzene rings is 1. The summed E-state index contributed by atoms with van der Waals surface area (Å²) in [5.74, 6) is 0. The Bertz CT molecular complexity index is 344. The van der Waals surface area contributed by atoms with Gasteiger partial charge in [-0.1, -0.05) is 0 Å². The van der Waals surface area contributed by atoms with Gasteiger partial charge in [-0.05, 0) is 0 Å². The van der Waals surface area contributed by atoms with Gasteiger partial charge < -0.3 is 0 Å². The molecule has 0 aliphatic rings. The molecule has 0 unspecified atom stereocenters. The quantitative estimate of drug-likeness (QED) is 0.720. The van der Waals surface area contributed by atoms with Crippen molar-refractivity contribution in [3.63, 3.8) is 0 Å². The standard InChI is InChI=1S/C10H10N.2CH3.Bi/c1-8(2)10-5-3-9(7-11)4-6-10;;;/h3-6H,1-2H3;2*1H3;. The van der Waals surface area contributed by atoms with Crippen LogP contribution in [0, 0.1) is 11.3 Å². The Morgan fingerprint density at radius 1 is 1.14 bits per heavy atom. The van der Waals surface area contributed by atoms with Gasteiger partial charge in [-0.15, -0.1) is 0 Å². The molecule has 0 atom stereocenters. The first-order chi connectivity index (χ1) is 6.48. The molecular weight excluding hydrogens is 367 g/mol. The van der Waals surface area contributed by atoms with Crippen LogP contribution in [0.2, 0.25) is 9.26 Å². The van der Waals surface area contributed by atoms with Crippen LogP contribution in [0.3, 0.4) is 0 Å². The number of hydrogen-bond donors (Lipinski definition) is 0. The molecule has 1 rings (SSSR count). The van der Waals surface area contributed by atoms with Gasteiger partial charge in [0.1, 0.15) is 0 Å². The Morgan fingerprint density at radius 3 is 2.00 bits per heavy atom. The van der Waals surface area contributed by atoms with E-state index in [0.29, 0.717) is 3.12 Å². The normalized spacial score (nSPS) is 11.4. The van der Waals surface area contributed by atoms with Crippen LogP contribution in [0.4, 0.5) is 0 Å². The maximum atomic E-state index is 8.70. The van der Waals surface area contributed by atoms with Gasteiger partial charge in [0, 0.05) is 0 Å². The van der Waals surface area contributed by atoms with E-state index in [4.69, 9.17) is 5.26 Å². The van der Waals surface area contributed by atoms with E-state index in [1.165, 1.54) is 5.56 Å². The Labute approximate surface area is 94.4 Å². The van der Waals surface area contributed by atoms with E-state index < -0.39 is 21.8 Å². The number of nitrogens with zero attached hydrogens (tertiary/aromatic N) is 1. The molecule has 0 aliphatic heterocycles. The predicted molar refractivity (Wildman–Crippen MR) is 61.7 cm³/mol. The zero-order valence-electron chi connectivity index (χ0n) is 9.20. The first kappa shape index (κ1) is 11.7.